The van der Waals surface area contributed by atoms with Crippen molar-refractivity contribution in [2.45, 2.75) is 51.4 Å². The van der Waals surface area contributed by atoms with Crippen LogP contribution in [-0.4, -0.2) is 15.2 Å². The van der Waals surface area contributed by atoms with E-state index in [2.05, 4.69) is 15.5 Å². The Morgan fingerprint density at radius 2 is 2.00 bits per heavy atom. The minimum atomic E-state index is -4.50. The maximum Gasteiger partial charge on any atom is 0.416 e. The van der Waals surface area contributed by atoms with Crippen LogP contribution in [0.25, 0.3) is 0 Å². The lowest BCUT2D eigenvalue weighted by atomic mass is 10.0. The number of phenols is 1. The van der Waals surface area contributed by atoms with E-state index in [1.165, 1.54) is 6.07 Å². The van der Waals surface area contributed by atoms with Crippen LogP contribution in [0, 0.1) is 5.92 Å². The fourth-order valence-corrected chi connectivity index (χ4v) is 2.66. The van der Waals surface area contributed by atoms with Crippen molar-refractivity contribution in [1.29, 1.82) is 0 Å². The number of nitrogens with one attached hydrogen (secondary N) is 1. The molecule has 0 bridgehead atoms. The molecule has 1 atom stereocenters. The summed E-state index contributed by atoms with van der Waals surface area (Å²) in [6.45, 7) is 4.06. The Labute approximate surface area is 143 Å². The Balaban J connectivity index is 1.74. The topological polar surface area (TPSA) is 71.2 Å². The lowest BCUT2D eigenvalue weighted by Crippen LogP contribution is -2.26. The highest BCUT2D eigenvalue weighted by molar-refractivity contribution is 5.35. The molecule has 1 aliphatic carbocycles. The Hall–Kier alpha value is -2.09. The molecule has 25 heavy (non-hydrogen) atoms. The van der Waals surface area contributed by atoms with Gasteiger partial charge < -0.3 is 14.9 Å². The molecular formula is C17H20F3N3O2. The van der Waals surface area contributed by atoms with Gasteiger partial charge in [-0.25, -0.2) is 0 Å². The lowest BCUT2D eigenvalue weighted by molar-refractivity contribution is -0.137. The Morgan fingerprint density at radius 3 is 2.60 bits per heavy atom. The number of hydrogen-bond donors (Lipinski definition) is 2. The highest BCUT2D eigenvalue weighted by Crippen LogP contribution is 2.39. The normalized spacial score (nSPS) is 16.4. The molecule has 8 heteroatoms. The van der Waals surface area contributed by atoms with Crippen molar-refractivity contribution in [3.05, 3.63) is 41.0 Å². The molecule has 0 aliphatic heterocycles. The third-order valence-corrected chi connectivity index (χ3v) is 4.16. The van der Waals surface area contributed by atoms with Crippen molar-refractivity contribution in [2.24, 2.45) is 5.92 Å². The van der Waals surface area contributed by atoms with E-state index in [-0.39, 0.29) is 18.5 Å². The van der Waals surface area contributed by atoms with Gasteiger partial charge in [-0.05, 0) is 42.5 Å². The third kappa shape index (κ3) is 4.31. The first-order valence-electron chi connectivity index (χ1n) is 8.21. The van der Waals surface area contributed by atoms with Crippen molar-refractivity contribution in [2.75, 3.05) is 0 Å². The predicted molar refractivity (Wildman–Crippen MR) is 83.8 cm³/mol. The van der Waals surface area contributed by atoms with Gasteiger partial charge >= 0.3 is 6.18 Å². The van der Waals surface area contributed by atoms with Crippen LogP contribution in [0.5, 0.6) is 5.75 Å². The number of aromatic hydroxyl groups is 1. The zero-order valence-electron chi connectivity index (χ0n) is 14.0. The van der Waals surface area contributed by atoms with Gasteiger partial charge in [-0.3, -0.25) is 0 Å². The van der Waals surface area contributed by atoms with E-state index in [0.717, 1.165) is 18.9 Å². The number of aromatic nitrogens is 2. The molecular weight excluding hydrogens is 335 g/mol. The molecule has 3 rings (SSSR count). The minimum Gasteiger partial charge on any atom is -0.508 e. The predicted octanol–water partition coefficient (Wildman–Crippen LogP) is 4.16. The number of phenolic OH excluding ortho intramolecular Hbond substituents is 1. The van der Waals surface area contributed by atoms with Crippen molar-refractivity contribution in [1.82, 2.24) is 15.5 Å². The summed E-state index contributed by atoms with van der Waals surface area (Å²) < 4.78 is 43.9. The van der Waals surface area contributed by atoms with Gasteiger partial charge in [-0.1, -0.05) is 19.0 Å². The maximum absolute atomic E-state index is 12.9. The number of benzene rings is 1. The van der Waals surface area contributed by atoms with Gasteiger partial charge in [0, 0.05) is 12.5 Å². The third-order valence-electron chi connectivity index (χ3n) is 4.16. The quantitative estimate of drug-likeness (QED) is 0.814. The second-order valence-corrected chi connectivity index (χ2v) is 6.75. The molecule has 136 valence electrons. The second-order valence-electron chi connectivity index (χ2n) is 6.75. The average molecular weight is 355 g/mol. The summed E-state index contributed by atoms with van der Waals surface area (Å²) in [5.41, 5.74) is -0.542. The zero-order chi connectivity index (χ0) is 18.2. The number of hydrogen-bond acceptors (Lipinski definition) is 5. The maximum atomic E-state index is 12.9. The van der Waals surface area contributed by atoms with Crippen LogP contribution in [0.2, 0.25) is 0 Å². The Kier molecular flexibility index (Phi) is 4.73. The molecule has 0 radical (unpaired) electrons. The highest BCUT2D eigenvalue weighted by atomic mass is 19.4. The van der Waals surface area contributed by atoms with Gasteiger partial charge in [0.05, 0.1) is 11.6 Å². The van der Waals surface area contributed by atoms with Crippen LogP contribution in [0.1, 0.15) is 61.5 Å². The lowest BCUT2D eigenvalue weighted by Gasteiger charge is -2.19. The molecule has 1 heterocycles. The summed E-state index contributed by atoms with van der Waals surface area (Å²) in [6, 6.07) is 2.76. The van der Waals surface area contributed by atoms with Gasteiger partial charge in [-0.15, -0.1) is 0 Å². The summed E-state index contributed by atoms with van der Waals surface area (Å²) in [7, 11) is 0. The van der Waals surface area contributed by atoms with E-state index < -0.39 is 17.5 Å². The van der Waals surface area contributed by atoms with Crippen LogP contribution >= 0.6 is 0 Å². The van der Waals surface area contributed by atoms with Crippen LogP contribution in [0.15, 0.2) is 22.7 Å². The number of nitrogens with zero attached hydrogens (tertiary/aromatic N) is 2. The summed E-state index contributed by atoms with van der Waals surface area (Å²) >= 11 is 0. The second kappa shape index (κ2) is 6.67. The standard InChI is InChI=1S/C17H20F3N3O2/c1-9(2)14(16-22-15(23-25-16)11-3-4-11)21-8-10-5-12(17(18,19)20)7-13(24)6-10/h5-7,9,11,14,21,24H,3-4,8H2,1-2H3. The summed E-state index contributed by atoms with van der Waals surface area (Å²) in [5.74, 6) is 1.19. The van der Waals surface area contributed by atoms with Crippen molar-refractivity contribution in [3.8, 4) is 5.75 Å². The molecule has 1 fully saturated rings. The molecule has 0 amide bonds. The highest BCUT2D eigenvalue weighted by Gasteiger charge is 2.32. The molecule has 0 spiro atoms. The van der Waals surface area contributed by atoms with Gasteiger partial charge in [0.1, 0.15) is 5.75 Å². The van der Waals surface area contributed by atoms with E-state index in [4.69, 9.17) is 4.52 Å². The van der Waals surface area contributed by atoms with Crippen LogP contribution in [-0.2, 0) is 12.7 Å². The monoisotopic (exact) mass is 355 g/mol. The molecule has 1 aliphatic rings. The molecule has 0 saturated heterocycles. The minimum absolute atomic E-state index is 0.104. The van der Waals surface area contributed by atoms with Crippen molar-refractivity contribution >= 4 is 0 Å². The van der Waals surface area contributed by atoms with E-state index in [0.29, 0.717) is 29.3 Å². The number of halogens is 3. The molecule has 1 aromatic heterocycles. The molecule has 1 saturated carbocycles. The van der Waals surface area contributed by atoms with Gasteiger partial charge in [-0.2, -0.15) is 18.2 Å². The number of rotatable bonds is 6. The fraction of sp³-hybridized carbons (Fsp3) is 0.529. The van der Waals surface area contributed by atoms with Crippen LogP contribution in [0.4, 0.5) is 13.2 Å². The molecule has 2 N–H and O–H groups in total. The molecule has 5 nitrogen and oxygen atoms in total. The largest absolute Gasteiger partial charge is 0.508 e. The first-order chi connectivity index (χ1) is 11.7. The molecule has 1 aromatic carbocycles. The number of alkyl halides is 3. The summed E-state index contributed by atoms with van der Waals surface area (Å²) in [5, 5.41) is 16.7. The van der Waals surface area contributed by atoms with Crippen molar-refractivity contribution < 1.29 is 22.8 Å². The van der Waals surface area contributed by atoms with E-state index in [1.807, 2.05) is 13.8 Å². The average Bonchev–Trinajstić information content (AvgIpc) is 3.25. The van der Waals surface area contributed by atoms with Crippen LogP contribution < -0.4 is 5.32 Å². The van der Waals surface area contributed by atoms with Gasteiger partial charge in [0.25, 0.3) is 0 Å². The summed E-state index contributed by atoms with van der Waals surface area (Å²) in [4.78, 5) is 4.41. The zero-order valence-corrected chi connectivity index (χ0v) is 14.0. The Bertz CT molecular complexity index is 739. The SMILES string of the molecule is CC(C)C(NCc1cc(O)cc(C(F)(F)F)c1)c1nc(C2CC2)no1. The molecule has 2 aromatic rings. The van der Waals surface area contributed by atoms with Gasteiger partial charge in [0.2, 0.25) is 5.89 Å². The smallest absolute Gasteiger partial charge is 0.416 e. The van der Waals surface area contributed by atoms with E-state index >= 15 is 0 Å². The van der Waals surface area contributed by atoms with Gasteiger partial charge in [0.15, 0.2) is 5.82 Å². The first kappa shape index (κ1) is 17.7. The fourth-order valence-electron chi connectivity index (χ4n) is 2.66. The molecule has 1 unspecified atom stereocenters. The van der Waals surface area contributed by atoms with Crippen molar-refractivity contribution in [3.63, 3.8) is 0 Å². The summed E-state index contributed by atoms with van der Waals surface area (Å²) in [6.07, 6.45) is -2.39. The van der Waals surface area contributed by atoms with E-state index in [1.54, 1.807) is 0 Å². The first-order valence-corrected chi connectivity index (χ1v) is 8.21. The van der Waals surface area contributed by atoms with E-state index in [9.17, 15) is 18.3 Å². The van der Waals surface area contributed by atoms with Crippen LogP contribution in [0.3, 0.4) is 0 Å². The Morgan fingerprint density at radius 1 is 1.28 bits per heavy atom.